The molecule has 6 heteroatoms. The van der Waals surface area contributed by atoms with Gasteiger partial charge in [-0.2, -0.15) is 0 Å². The van der Waals surface area contributed by atoms with Crippen LogP contribution < -0.4 is 0 Å². The lowest BCUT2D eigenvalue weighted by atomic mass is 10.0. The molecule has 0 aliphatic carbocycles. The molecule has 406 valence electrons. The van der Waals surface area contributed by atoms with Gasteiger partial charge in [-0.05, 0) is 89.9 Å². The van der Waals surface area contributed by atoms with Gasteiger partial charge in [-0.1, -0.05) is 266 Å². The zero-order valence-electron chi connectivity index (χ0n) is 46.5. The zero-order chi connectivity index (χ0) is 51.4. The van der Waals surface area contributed by atoms with E-state index in [2.05, 4.69) is 112 Å². The fourth-order valence-electron chi connectivity index (χ4n) is 8.15. The Kier molecular flexibility index (Phi) is 55.9. The molecule has 0 unspecified atom stereocenters. The maximum Gasteiger partial charge on any atom is 0.306 e. The zero-order valence-corrected chi connectivity index (χ0v) is 46.5. The van der Waals surface area contributed by atoms with Crippen LogP contribution in [0.1, 0.15) is 278 Å². The van der Waals surface area contributed by atoms with Gasteiger partial charge < -0.3 is 14.2 Å². The molecule has 0 fully saturated rings. The summed E-state index contributed by atoms with van der Waals surface area (Å²) in [5.41, 5.74) is 0. The van der Waals surface area contributed by atoms with E-state index in [1.54, 1.807) is 0 Å². The fourth-order valence-corrected chi connectivity index (χ4v) is 8.15. The third-order valence-corrected chi connectivity index (χ3v) is 12.6. The summed E-state index contributed by atoms with van der Waals surface area (Å²) in [5, 5.41) is 0. The van der Waals surface area contributed by atoms with Crippen LogP contribution in [-0.4, -0.2) is 37.2 Å². The van der Waals surface area contributed by atoms with Crippen LogP contribution in [0, 0.1) is 0 Å². The molecule has 0 radical (unpaired) electrons. The van der Waals surface area contributed by atoms with Gasteiger partial charge in [0.15, 0.2) is 6.10 Å². The van der Waals surface area contributed by atoms with E-state index in [0.717, 1.165) is 83.5 Å². The third-order valence-electron chi connectivity index (χ3n) is 12.6. The topological polar surface area (TPSA) is 78.9 Å². The largest absolute Gasteiger partial charge is 0.462 e. The summed E-state index contributed by atoms with van der Waals surface area (Å²) in [6.07, 6.45) is 78.4. The molecule has 0 amide bonds. The fraction of sp³-hybridized carbons (Fsp3) is 0.708. The van der Waals surface area contributed by atoms with Crippen LogP contribution >= 0.6 is 0 Å². The number of rotatable bonds is 53. The molecule has 1 atom stereocenters. The van der Waals surface area contributed by atoms with Crippen molar-refractivity contribution in [3.8, 4) is 0 Å². The number of hydrogen-bond acceptors (Lipinski definition) is 6. The summed E-state index contributed by atoms with van der Waals surface area (Å²) in [5.74, 6) is -0.986. The van der Waals surface area contributed by atoms with E-state index < -0.39 is 6.10 Å². The van der Waals surface area contributed by atoms with E-state index in [1.807, 2.05) is 6.08 Å². The van der Waals surface area contributed by atoms with Crippen LogP contribution in [0.25, 0.3) is 0 Å². The molecule has 0 aliphatic rings. The molecule has 0 aromatic carbocycles. The van der Waals surface area contributed by atoms with Crippen molar-refractivity contribution in [2.45, 2.75) is 284 Å². The van der Waals surface area contributed by atoms with Crippen LogP contribution in [0.15, 0.2) is 97.2 Å². The van der Waals surface area contributed by atoms with E-state index in [1.165, 1.54) is 148 Å². The van der Waals surface area contributed by atoms with Gasteiger partial charge in [-0.15, -0.1) is 0 Å². The molecule has 0 bridgehead atoms. The molecule has 0 heterocycles. The van der Waals surface area contributed by atoms with Crippen molar-refractivity contribution in [3.63, 3.8) is 0 Å². The quantitative estimate of drug-likeness (QED) is 0.0261. The molecular weight excluding hydrogens is 877 g/mol. The number of allylic oxidation sites excluding steroid dienone is 16. The predicted molar refractivity (Wildman–Crippen MR) is 307 cm³/mol. The minimum absolute atomic E-state index is 0.101. The van der Waals surface area contributed by atoms with Gasteiger partial charge in [0.25, 0.3) is 0 Å². The highest BCUT2D eigenvalue weighted by atomic mass is 16.6. The Hall–Kier alpha value is -3.67. The molecule has 0 rings (SSSR count). The number of carbonyl (C=O) groups is 3. The van der Waals surface area contributed by atoms with Crippen LogP contribution in [0.2, 0.25) is 0 Å². The summed E-state index contributed by atoms with van der Waals surface area (Å²) in [4.78, 5) is 38.2. The Morgan fingerprint density at radius 3 is 0.972 bits per heavy atom. The summed E-state index contributed by atoms with van der Waals surface area (Å²) in [6, 6.07) is 0. The highest BCUT2D eigenvalue weighted by Gasteiger charge is 2.19. The lowest BCUT2D eigenvalue weighted by Gasteiger charge is -2.18. The van der Waals surface area contributed by atoms with Gasteiger partial charge >= 0.3 is 17.9 Å². The van der Waals surface area contributed by atoms with E-state index in [0.29, 0.717) is 19.3 Å². The Labute approximate surface area is 438 Å². The average Bonchev–Trinajstić information content (AvgIpc) is 3.37. The first-order chi connectivity index (χ1) is 35.0. The second kappa shape index (κ2) is 58.9. The highest BCUT2D eigenvalue weighted by Crippen LogP contribution is 2.16. The van der Waals surface area contributed by atoms with Gasteiger partial charge in [0.05, 0.1) is 0 Å². The predicted octanol–water partition coefficient (Wildman–Crippen LogP) is 20.1. The number of unbranched alkanes of at least 4 members (excludes halogenated alkanes) is 26. The maximum atomic E-state index is 12.9. The minimum Gasteiger partial charge on any atom is -0.462 e. The smallest absolute Gasteiger partial charge is 0.306 e. The molecule has 0 aromatic rings. The van der Waals surface area contributed by atoms with Gasteiger partial charge in [-0.25, -0.2) is 0 Å². The molecule has 0 spiro atoms. The number of esters is 3. The normalized spacial score (nSPS) is 12.8. The van der Waals surface area contributed by atoms with Crippen molar-refractivity contribution in [2.24, 2.45) is 0 Å². The number of hydrogen-bond donors (Lipinski definition) is 0. The first kappa shape index (κ1) is 67.3. The molecule has 0 aliphatic heterocycles. The standard InChI is InChI=1S/C65H110O6/c1-4-7-10-13-16-19-22-25-28-30-32-34-37-40-43-46-49-52-55-58-64(67)70-61-62(60-69-63(66)57-54-51-48-45-42-39-36-27-24-21-18-15-12-9-6-3)71-65(68)59-56-53-50-47-44-41-38-35-33-31-29-26-23-20-17-14-11-8-5-2/h7,10,16-17,19-20,25-26,28-29,32,34,40,43,49,52,62H,4-6,8-9,11-15,18,21-24,27,30-31,33,35-39,41-42,44-48,50-51,53-61H2,1-3H3/b10-7-,19-16-,20-17-,28-25-,29-26-,34-32-,43-40-,52-49-/t62-/m0/s1. The summed E-state index contributed by atoms with van der Waals surface area (Å²) >= 11 is 0. The van der Waals surface area contributed by atoms with Crippen LogP contribution in [-0.2, 0) is 28.6 Å². The monoisotopic (exact) mass is 987 g/mol. The van der Waals surface area contributed by atoms with Crippen molar-refractivity contribution in [3.05, 3.63) is 97.2 Å². The lowest BCUT2D eigenvalue weighted by molar-refractivity contribution is -0.166. The molecule has 0 saturated carbocycles. The maximum absolute atomic E-state index is 12.9. The summed E-state index contributed by atoms with van der Waals surface area (Å²) in [6.45, 7) is 6.45. The van der Waals surface area contributed by atoms with E-state index >= 15 is 0 Å². The summed E-state index contributed by atoms with van der Waals surface area (Å²) < 4.78 is 16.8. The second-order valence-corrected chi connectivity index (χ2v) is 19.5. The van der Waals surface area contributed by atoms with E-state index in [9.17, 15) is 14.4 Å². The second-order valence-electron chi connectivity index (χ2n) is 19.5. The van der Waals surface area contributed by atoms with E-state index in [-0.39, 0.29) is 37.5 Å². The molecular formula is C65H110O6. The molecule has 0 aromatic heterocycles. The SMILES string of the molecule is CC/C=C\C/C=C\C/C=C\C/C=C\C/C=C\C/C=C\CCC(=O)OC[C@H](COC(=O)CCCCCCCCCCCCCCCCC)OC(=O)CCCCCCCCCCC/C=C\C/C=C\CCCCC. The first-order valence-electron chi connectivity index (χ1n) is 29.7. The molecule has 6 nitrogen and oxygen atoms in total. The van der Waals surface area contributed by atoms with Crippen LogP contribution in [0.5, 0.6) is 0 Å². The molecule has 71 heavy (non-hydrogen) atoms. The van der Waals surface area contributed by atoms with Crippen LogP contribution in [0.4, 0.5) is 0 Å². The number of ether oxygens (including phenoxy) is 3. The molecule has 0 saturated heterocycles. The lowest BCUT2D eigenvalue weighted by Crippen LogP contribution is -2.30. The van der Waals surface area contributed by atoms with Gasteiger partial charge in [-0.3, -0.25) is 14.4 Å². The third kappa shape index (κ3) is 57.1. The van der Waals surface area contributed by atoms with Crippen molar-refractivity contribution >= 4 is 17.9 Å². The van der Waals surface area contributed by atoms with Crippen molar-refractivity contribution in [1.29, 1.82) is 0 Å². The Morgan fingerprint density at radius 1 is 0.296 bits per heavy atom. The number of carbonyl (C=O) groups excluding carboxylic acids is 3. The van der Waals surface area contributed by atoms with E-state index in [4.69, 9.17) is 14.2 Å². The molecule has 0 N–H and O–H groups in total. The highest BCUT2D eigenvalue weighted by molar-refractivity contribution is 5.71. The average molecular weight is 988 g/mol. The Bertz CT molecular complexity index is 1410. The van der Waals surface area contributed by atoms with Crippen molar-refractivity contribution in [2.75, 3.05) is 13.2 Å². The van der Waals surface area contributed by atoms with Crippen molar-refractivity contribution < 1.29 is 28.6 Å². The Morgan fingerprint density at radius 2 is 0.577 bits per heavy atom. The summed E-state index contributed by atoms with van der Waals surface area (Å²) in [7, 11) is 0. The van der Waals surface area contributed by atoms with Gasteiger partial charge in [0.2, 0.25) is 0 Å². The van der Waals surface area contributed by atoms with Crippen molar-refractivity contribution in [1.82, 2.24) is 0 Å². The minimum atomic E-state index is -0.810. The first-order valence-corrected chi connectivity index (χ1v) is 29.7. The van der Waals surface area contributed by atoms with Crippen LogP contribution in [0.3, 0.4) is 0 Å². The Balaban J connectivity index is 4.49. The van der Waals surface area contributed by atoms with Gasteiger partial charge in [0.1, 0.15) is 13.2 Å². The van der Waals surface area contributed by atoms with Gasteiger partial charge in [0, 0.05) is 19.3 Å².